The fourth-order valence-electron chi connectivity index (χ4n) is 1.49. The molecular formula is C13H14N2S. The highest BCUT2D eigenvalue weighted by atomic mass is 32.2. The van der Waals surface area contributed by atoms with Crippen molar-refractivity contribution in [2.45, 2.75) is 10.6 Å². The fraction of sp³-hybridized carbons (Fsp3) is 0.0769. The molecule has 0 heterocycles. The zero-order valence-electron chi connectivity index (χ0n) is 8.91. The predicted octanol–water partition coefficient (Wildman–Crippen LogP) is 2.92. The summed E-state index contributed by atoms with van der Waals surface area (Å²) in [6.45, 7) is 0. The lowest BCUT2D eigenvalue weighted by atomic mass is 10.2. The molecule has 2 rings (SSSR count). The zero-order valence-corrected chi connectivity index (χ0v) is 9.73. The van der Waals surface area contributed by atoms with Crippen molar-refractivity contribution in [2.24, 2.45) is 10.3 Å². The number of nitrogens with zero attached hydrogens (tertiary/aromatic N) is 1. The standard InChI is InChI=1S/C13H14N2S/c14-15-16(13-9-5-2-6-10-13)11-12-7-3-1-4-8-12/h1-10H,11,14H2. The van der Waals surface area contributed by atoms with Crippen LogP contribution in [0.3, 0.4) is 0 Å². The Labute approximate surface area is 98.2 Å². The molecule has 2 N–H and O–H groups in total. The molecule has 0 bridgehead atoms. The highest BCUT2D eigenvalue weighted by Crippen LogP contribution is 2.13. The maximum absolute atomic E-state index is 5.49. The largest absolute Gasteiger partial charge is 0.221 e. The van der Waals surface area contributed by atoms with Crippen LogP contribution in [0.25, 0.3) is 0 Å². The summed E-state index contributed by atoms with van der Waals surface area (Å²) in [5.41, 5.74) is 1.27. The minimum atomic E-state index is -0.243. The van der Waals surface area contributed by atoms with Crippen LogP contribution >= 0.6 is 0 Å². The van der Waals surface area contributed by atoms with E-state index in [4.69, 9.17) is 5.84 Å². The van der Waals surface area contributed by atoms with E-state index in [1.54, 1.807) is 0 Å². The molecule has 2 aromatic rings. The van der Waals surface area contributed by atoms with Gasteiger partial charge in [0.1, 0.15) is 0 Å². The van der Waals surface area contributed by atoms with Crippen molar-refractivity contribution < 1.29 is 0 Å². The lowest BCUT2D eigenvalue weighted by Gasteiger charge is -2.06. The Hall–Kier alpha value is -1.45. The van der Waals surface area contributed by atoms with E-state index in [1.807, 2.05) is 36.4 Å². The van der Waals surface area contributed by atoms with Crippen LogP contribution in [-0.2, 0) is 16.4 Å². The molecule has 3 heteroatoms. The van der Waals surface area contributed by atoms with Gasteiger partial charge in [-0.3, -0.25) is 0 Å². The maximum atomic E-state index is 5.49. The quantitative estimate of drug-likeness (QED) is 0.639. The molecule has 0 aliphatic carbocycles. The molecule has 0 aliphatic heterocycles. The van der Waals surface area contributed by atoms with Crippen LogP contribution in [0.1, 0.15) is 5.56 Å². The summed E-state index contributed by atoms with van der Waals surface area (Å²) in [6, 6.07) is 20.5. The Kier molecular flexibility index (Phi) is 3.86. The lowest BCUT2D eigenvalue weighted by Crippen LogP contribution is -1.99. The van der Waals surface area contributed by atoms with Crippen LogP contribution in [0.15, 0.2) is 70.0 Å². The molecular weight excluding hydrogens is 216 g/mol. The van der Waals surface area contributed by atoms with Crippen LogP contribution in [0.4, 0.5) is 0 Å². The molecule has 0 radical (unpaired) electrons. The van der Waals surface area contributed by atoms with Gasteiger partial charge in [-0.2, -0.15) is 4.47 Å². The minimum Gasteiger partial charge on any atom is -0.221 e. The Morgan fingerprint density at radius 2 is 1.44 bits per heavy atom. The highest BCUT2D eigenvalue weighted by Gasteiger charge is 2.01. The van der Waals surface area contributed by atoms with Crippen LogP contribution < -0.4 is 5.84 Å². The van der Waals surface area contributed by atoms with Gasteiger partial charge in [0.2, 0.25) is 0 Å². The number of nitrogens with two attached hydrogens (primary N) is 1. The van der Waals surface area contributed by atoms with E-state index < -0.39 is 0 Å². The maximum Gasteiger partial charge on any atom is 0.0353 e. The first-order chi connectivity index (χ1) is 7.90. The van der Waals surface area contributed by atoms with E-state index >= 15 is 0 Å². The van der Waals surface area contributed by atoms with Gasteiger partial charge in [0.25, 0.3) is 0 Å². The first-order valence-corrected chi connectivity index (χ1v) is 6.46. The molecule has 0 aromatic heterocycles. The Morgan fingerprint density at radius 1 is 0.875 bits per heavy atom. The third kappa shape index (κ3) is 2.78. The van der Waals surface area contributed by atoms with Crippen LogP contribution in [-0.4, -0.2) is 0 Å². The second-order valence-corrected chi connectivity index (χ2v) is 5.11. The third-order valence-corrected chi connectivity index (χ3v) is 3.97. The smallest absolute Gasteiger partial charge is 0.0353 e. The average molecular weight is 230 g/mol. The fourth-order valence-corrected chi connectivity index (χ4v) is 2.83. The van der Waals surface area contributed by atoms with Gasteiger partial charge in [0, 0.05) is 10.6 Å². The van der Waals surface area contributed by atoms with E-state index in [1.165, 1.54) is 10.5 Å². The van der Waals surface area contributed by atoms with Gasteiger partial charge in [0.05, 0.1) is 0 Å². The van der Waals surface area contributed by atoms with Crippen LogP contribution in [0.2, 0.25) is 0 Å². The van der Waals surface area contributed by atoms with Crippen molar-refractivity contribution in [3.8, 4) is 0 Å². The minimum absolute atomic E-state index is 0.243. The average Bonchev–Trinajstić information content (AvgIpc) is 2.38. The summed E-state index contributed by atoms with van der Waals surface area (Å²) in [5.74, 6) is 6.37. The van der Waals surface area contributed by atoms with E-state index in [9.17, 15) is 0 Å². The summed E-state index contributed by atoms with van der Waals surface area (Å²) >= 11 is 0. The molecule has 0 fully saturated rings. The molecule has 2 nitrogen and oxygen atoms in total. The highest BCUT2D eigenvalue weighted by molar-refractivity contribution is 7.86. The van der Waals surface area contributed by atoms with Gasteiger partial charge < -0.3 is 0 Å². The van der Waals surface area contributed by atoms with Crippen molar-refractivity contribution in [1.82, 2.24) is 0 Å². The van der Waals surface area contributed by atoms with Gasteiger partial charge in [0.15, 0.2) is 0 Å². The molecule has 0 aliphatic rings. The zero-order chi connectivity index (χ0) is 11.2. The second-order valence-electron chi connectivity index (χ2n) is 3.41. The Balaban J connectivity index is 2.20. The first kappa shape index (κ1) is 11.0. The Bertz CT molecular complexity index is 466. The molecule has 0 amide bonds. The first-order valence-electron chi connectivity index (χ1n) is 5.11. The summed E-state index contributed by atoms with van der Waals surface area (Å²) in [4.78, 5) is 1.19. The van der Waals surface area contributed by atoms with Gasteiger partial charge >= 0.3 is 0 Å². The van der Waals surface area contributed by atoms with Gasteiger partial charge in [-0.25, -0.2) is 5.84 Å². The number of rotatable bonds is 3. The van der Waals surface area contributed by atoms with E-state index in [0.29, 0.717) is 0 Å². The van der Waals surface area contributed by atoms with E-state index in [0.717, 1.165) is 5.75 Å². The number of hydrogen-bond donors (Lipinski definition) is 1. The molecule has 0 spiro atoms. The number of benzene rings is 2. The normalized spacial score (nSPS) is 12.6. The summed E-state index contributed by atoms with van der Waals surface area (Å²) in [7, 11) is -0.243. The van der Waals surface area contributed by atoms with Crippen molar-refractivity contribution in [3.05, 3.63) is 66.2 Å². The summed E-state index contributed by atoms with van der Waals surface area (Å²) < 4.78 is 3.98. The van der Waals surface area contributed by atoms with E-state index in [2.05, 4.69) is 28.7 Å². The van der Waals surface area contributed by atoms with Gasteiger partial charge in [-0.1, -0.05) is 48.5 Å². The summed E-state index contributed by atoms with van der Waals surface area (Å²) in [6.07, 6.45) is 0. The molecule has 0 saturated carbocycles. The SMILES string of the molecule is NN=S(Cc1ccccc1)c1ccccc1. The Morgan fingerprint density at radius 3 is 2.00 bits per heavy atom. The van der Waals surface area contributed by atoms with Gasteiger partial charge in [-0.15, -0.1) is 0 Å². The van der Waals surface area contributed by atoms with Crippen LogP contribution in [0, 0.1) is 0 Å². The van der Waals surface area contributed by atoms with Crippen LogP contribution in [0.5, 0.6) is 0 Å². The van der Waals surface area contributed by atoms with Crippen molar-refractivity contribution in [3.63, 3.8) is 0 Å². The lowest BCUT2D eigenvalue weighted by molar-refractivity contribution is 1.25. The molecule has 1 atom stereocenters. The summed E-state index contributed by atoms with van der Waals surface area (Å²) in [5, 5.41) is 0. The van der Waals surface area contributed by atoms with Crippen molar-refractivity contribution in [2.75, 3.05) is 0 Å². The predicted molar refractivity (Wildman–Crippen MR) is 68.8 cm³/mol. The molecule has 1 unspecified atom stereocenters. The monoisotopic (exact) mass is 230 g/mol. The third-order valence-electron chi connectivity index (χ3n) is 2.29. The molecule has 82 valence electrons. The second kappa shape index (κ2) is 5.58. The molecule has 0 saturated heterocycles. The van der Waals surface area contributed by atoms with E-state index in [-0.39, 0.29) is 10.7 Å². The van der Waals surface area contributed by atoms with Crippen molar-refractivity contribution >= 4 is 10.7 Å². The topological polar surface area (TPSA) is 38.4 Å². The molecule has 16 heavy (non-hydrogen) atoms. The van der Waals surface area contributed by atoms with Crippen molar-refractivity contribution in [1.29, 1.82) is 0 Å². The molecule has 2 aromatic carbocycles. The van der Waals surface area contributed by atoms with Gasteiger partial charge in [-0.05, 0) is 28.4 Å². The number of hydrogen-bond acceptors (Lipinski definition) is 1.